The fraction of sp³-hybridized carbons (Fsp3) is 0.818. The summed E-state index contributed by atoms with van der Waals surface area (Å²) in [7, 11) is 0. The normalized spacial score (nSPS) is 21.1. The van der Waals surface area contributed by atoms with E-state index in [9.17, 15) is 9.59 Å². The zero-order valence-corrected chi connectivity index (χ0v) is 9.88. The quantitative estimate of drug-likeness (QED) is 0.649. The van der Waals surface area contributed by atoms with Gasteiger partial charge in [0.2, 0.25) is 5.91 Å². The van der Waals surface area contributed by atoms with Crippen molar-refractivity contribution in [3.8, 4) is 0 Å². The predicted octanol–water partition coefficient (Wildman–Crippen LogP) is 0.355. The summed E-state index contributed by atoms with van der Waals surface area (Å²) in [5.74, 6) is -1.10. The van der Waals surface area contributed by atoms with Crippen LogP contribution in [0, 0.1) is 5.41 Å². The summed E-state index contributed by atoms with van der Waals surface area (Å²) in [6, 6.07) is -0.765. The number of piperidine rings is 1. The monoisotopic (exact) mass is 228 g/mol. The molecule has 5 heteroatoms. The van der Waals surface area contributed by atoms with E-state index in [2.05, 4.69) is 10.6 Å². The SMILES string of the molecule is CC[C@H](NC(=O)C1(C)CCNCC1)C(=O)O. The van der Waals surface area contributed by atoms with Gasteiger partial charge in [-0.05, 0) is 32.4 Å². The van der Waals surface area contributed by atoms with Crippen molar-refractivity contribution in [2.24, 2.45) is 5.41 Å². The van der Waals surface area contributed by atoms with Crippen LogP contribution in [0.2, 0.25) is 0 Å². The Balaban J connectivity index is 2.59. The topological polar surface area (TPSA) is 78.4 Å². The Hall–Kier alpha value is -1.10. The minimum Gasteiger partial charge on any atom is -0.480 e. The van der Waals surface area contributed by atoms with E-state index in [0.29, 0.717) is 6.42 Å². The maximum Gasteiger partial charge on any atom is 0.326 e. The molecule has 1 rings (SSSR count). The molecule has 1 saturated heterocycles. The molecule has 0 aromatic rings. The number of carbonyl (C=O) groups is 2. The molecule has 0 aromatic heterocycles. The van der Waals surface area contributed by atoms with Crippen molar-refractivity contribution >= 4 is 11.9 Å². The second-order valence-corrected chi connectivity index (χ2v) is 4.58. The van der Waals surface area contributed by atoms with Crippen LogP contribution in [0.25, 0.3) is 0 Å². The summed E-state index contributed by atoms with van der Waals surface area (Å²) in [5.41, 5.74) is -0.422. The average molecular weight is 228 g/mol. The lowest BCUT2D eigenvalue weighted by atomic mass is 9.80. The number of nitrogens with one attached hydrogen (secondary N) is 2. The zero-order chi connectivity index (χ0) is 12.2. The van der Waals surface area contributed by atoms with Crippen molar-refractivity contribution in [3.63, 3.8) is 0 Å². The molecule has 92 valence electrons. The molecule has 0 spiro atoms. The first kappa shape index (κ1) is 13.0. The van der Waals surface area contributed by atoms with Crippen LogP contribution in [0.3, 0.4) is 0 Å². The molecule has 1 atom stereocenters. The van der Waals surface area contributed by atoms with E-state index in [1.807, 2.05) is 6.92 Å². The molecule has 16 heavy (non-hydrogen) atoms. The predicted molar refractivity (Wildman–Crippen MR) is 60.1 cm³/mol. The molecule has 0 aromatic carbocycles. The third kappa shape index (κ3) is 2.95. The van der Waals surface area contributed by atoms with Crippen LogP contribution >= 0.6 is 0 Å². The molecule has 1 fully saturated rings. The molecule has 0 bridgehead atoms. The van der Waals surface area contributed by atoms with Gasteiger partial charge in [-0.3, -0.25) is 4.79 Å². The number of carboxylic acid groups (broad SMARTS) is 1. The lowest BCUT2D eigenvalue weighted by molar-refractivity contribution is -0.144. The number of rotatable bonds is 4. The summed E-state index contributed by atoms with van der Waals surface area (Å²) >= 11 is 0. The van der Waals surface area contributed by atoms with Crippen LogP contribution in [-0.4, -0.2) is 36.1 Å². The van der Waals surface area contributed by atoms with E-state index < -0.39 is 17.4 Å². The van der Waals surface area contributed by atoms with Crippen LogP contribution < -0.4 is 10.6 Å². The van der Waals surface area contributed by atoms with Crippen LogP contribution in [0.5, 0.6) is 0 Å². The smallest absolute Gasteiger partial charge is 0.326 e. The van der Waals surface area contributed by atoms with Gasteiger partial charge in [-0.25, -0.2) is 4.79 Å². The van der Waals surface area contributed by atoms with Crippen LogP contribution in [0.1, 0.15) is 33.1 Å². The first-order chi connectivity index (χ1) is 7.49. The summed E-state index contributed by atoms with van der Waals surface area (Å²) in [6.45, 7) is 5.28. The Morgan fingerprint density at radius 2 is 2.00 bits per heavy atom. The van der Waals surface area contributed by atoms with Crippen LogP contribution in [-0.2, 0) is 9.59 Å². The summed E-state index contributed by atoms with van der Waals surface area (Å²) in [4.78, 5) is 22.8. The lowest BCUT2D eigenvalue weighted by Crippen LogP contribution is -2.50. The molecular formula is C11H20N2O3. The number of hydrogen-bond donors (Lipinski definition) is 3. The molecule has 0 aliphatic carbocycles. The number of amides is 1. The van der Waals surface area contributed by atoms with E-state index in [1.165, 1.54) is 0 Å². The fourth-order valence-electron chi connectivity index (χ4n) is 1.88. The van der Waals surface area contributed by atoms with E-state index in [4.69, 9.17) is 5.11 Å². The Kier molecular flexibility index (Phi) is 4.29. The van der Waals surface area contributed by atoms with Gasteiger partial charge in [0.05, 0.1) is 0 Å². The van der Waals surface area contributed by atoms with Gasteiger partial charge in [0.1, 0.15) is 6.04 Å². The summed E-state index contributed by atoms with van der Waals surface area (Å²) < 4.78 is 0. The molecule has 0 saturated carbocycles. The Labute approximate surface area is 95.6 Å². The third-order valence-electron chi connectivity index (χ3n) is 3.27. The fourth-order valence-corrected chi connectivity index (χ4v) is 1.88. The van der Waals surface area contributed by atoms with Gasteiger partial charge in [-0.1, -0.05) is 13.8 Å². The minimum absolute atomic E-state index is 0.136. The zero-order valence-electron chi connectivity index (χ0n) is 9.88. The Bertz CT molecular complexity index is 272. The van der Waals surface area contributed by atoms with Crippen molar-refractivity contribution < 1.29 is 14.7 Å². The van der Waals surface area contributed by atoms with Crippen molar-refractivity contribution in [2.75, 3.05) is 13.1 Å². The van der Waals surface area contributed by atoms with Gasteiger partial charge in [0.25, 0.3) is 0 Å². The first-order valence-electron chi connectivity index (χ1n) is 5.74. The molecule has 0 unspecified atom stereocenters. The molecular weight excluding hydrogens is 208 g/mol. The van der Waals surface area contributed by atoms with Crippen molar-refractivity contribution in [2.45, 2.75) is 39.2 Å². The van der Waals surface area contributed by atoms with Gasteiger partial charge in [0.15, 0.2) is 0 Å². The molecule has 1 aliphatic heterocycles. The van der Waals surface area contributed by atoms with E-state index in [0.717, 1.165) is 25.9 Å². The summed E-state index contributed by atoms with van der Waals surface area (Å²) in [6.07, 6.45) is 1.93. The van der Waals surface area contributed by atoms with E-state index in [1.54, 1.807) is 6.92 Å². The Morgan fingerprint density at radius 1 is 1.44 bits per heavy atom. The second kappa shape index (κ2) is 5.30. The highest BCUT2D eigenvalue weighted by atomic mass is 16.4. The maximum atomic E-state index is 12.0. The van der Waals surface area contributed by atoms with Crippen molar-refractivity contribution in [1.29, 1.82) is 0 Å². The van der Waals surface area contributed by atoms with Gasteiger partial charge in [-0.2, -0.15) is 0 Å². The van der Waals surface area contributed by atoms with Crippen molar-refractivity contribution in [1.82, 2.24) is 10.6 Å². The molecule has 3 N–H and O–H groups in total. The number of carboxylic acids is 1. The van der Waals surface area contributed by atoms with Crippen molar-refractivity contribution in [3.05, 3.63) is 0 Å². The molecule has 1 aliphatic rings. The highest BCUT2D eigenvalue weighted by Gasteiger charge is 2.36. The summed E-state index contributed by atoms with van der Waals surface area (Å²) in [5, 5.41) is 14.7. The van der Waals surface area contributed by atoms with Gasteiger partial charge in [0, 0.05) is 5.41 Å². The molecule has 5 nitrogen and oxygen atoms in total. The molecule has 1 heterocycles. The molecule has 1 amide bonds. The lowest BCUT2D eigenvalue weighted by Gasteiger charge is -2.33. The number of carbonyl (C=O) groups excluding carboxylic acids is 1. The minimum atomic E-state index is -0.964. The highest BCUT2D eigenvalue weighted by molar-refractivity contribution is 5.87. The first-order valence-corrected chi connectivity index (χ1v) is 5.74. The standard InChI is InChI=1S/C11H20N2O3/c1-3-8(9(14)15)13-10(16)11(2)4-6-12-7-5-11/h8,12H,3-7H2,1-2H3,(H,13,16)(H,14,15)/t8-/m0/s1. The van der Waals surface area contributed by atoms with Crippen LogP contribution in [0.4, 0.5) is 0 Å². The Morgan fingerprint density at radius 3 is 2.44 bits per heavy atom. The van der Waals surface area contributed by atoms with Gasteiger partial charge in [-0.15, -0.1) is 0 Å². The van der Waals surface area contributed by atoms with E-state index in [-0.39, 0.29) is 5.91 Å². The number of hydrogen-bond acceptors (Lipinski definition) is 3. The number of aliphatic carboxylic acids is 1. The highest BCUT2D eigenvalue weighted by Crippen LogP contribution is 2.28. The van der Waals surface area contributed by atoms with Gasteiger partial charge < -0.3 is 15.7 Å². The van der Waals surface area contributed by atoms with Gasteiger partial charge >= 0.3 is 5.97 Å². The maximum absolute atomic E-state index is 12.0. The van der Waals surface area contributed by atoms with Crippen LogP contribution in [0.15, 0.2) is 0 Å². The second-order valence-electron chi connectivity index (χ2n) is 4.58. The largest absolute Gasteiger partial charge is 0.480 e. The molecule has 0 radical (unpaired) electrons. The third-order valence-corrected chi connectivity index (χ3v) is 3.27. The van der Waals surface area contributed by atoms with E-state index >= 15 is 0 Å². The average Bonchev–Trinajstić information content (AvgIpc) is 2.26.